The first-order chi connectivity index (χ1) is 18.1. The van der Waals surface area contributed by atoms with Gasteiger partial charge in [-0.1, -0.05) is 36.8 Å². The lowest BCUT2D eigenvalue weighted by atomic mass is 9.51. The fourth-order valence-electron chi connectivity index (χ4n) is 6.90. The zero-order valence-corrected chi connectivity index (χ0v) is 22.3. The summed E-state index contributed by atoms with van der Waals surface area (Å²) in [4.78, 5) is 25.9. The maximum atomic E-state index is 12.9. The van der Waals surface area contributed by atoms with Crippen LogP contribution in [-0.4, -0.2) is 84.7 Å². The molecule has 2 aliphatic carbocycles. The second kappa shape index (κ2) is 10.4. The van der Waals surface area contributed by atoms with E-state index in [1.54, 1.807) is 25.2 Å². The molecule has 2 N–H and O–H groups in total. The van der Waals surface area contributed by atoms with Crippen molar-refractivity contribution in [3.63, 3.8) is 0 Å². The highest BCUT2D eigenvalue weighted by Crippen LogP contribution is 2.72. The lowest BCUT2D eigenvalue weighted by Crippen LogP contribution is -2.66. The van der Waals surface area contributed by atoms with Crippen LogP contribution in [0.3, 0.4) is 0 Å². The molecule has 9 heteroatoms. The zero-order chi connectivity index (χ0) is 27.1. The van der Waals surface area contributed by atoms with Gasteiger partial charge in [0, 0.05) is 24.0 Å². The Hall–Kier alpha value is -2.30. The molecule has 0 amide bonds. The van der Waals surface area contributed by atoms with Crippen LogP contribution < -0.4 is 0 Å². The molecule has 2 bridgehead atoms. The number of cyclic esters (lactones) is 1. The molecule has 8 atom stereocenters. The van der Waals surface area contributed by atoms with Crippen molar-refractivity contribution in [2.24, 2.45) is 10.8 Å². The Kier molecular flexibility index (Phi) is 7.43. The van der Waals surface area contributed by atoms with Gasteiger partial charge in [0.2, 0.25) is 0 Å². The Balaban J connectivity index is 1.52. The fraction of sp³-hybridized carbons (Fsp3) is 0.655. The second-order valence-corrected chi connectivity index (χ2v) is 11.4. The van der Waals surface area contributed by atoms with Crippen molar-refractivity contribution >= 4 is 11.9 Å². The van der Waals surface area contributed by atoms with Crippen LogP contribution in [0.25, 0.3) is 0 Å². The minimum Gasteiger partial charge on any atom is -0.462 e. The third-order valence-corrected chi connectivity index (χ3v) is 9.32. The molecule has 38 heavy (non-hydrogen) atoms. The van der Waals surface area contributed by atoms with E-state index in [-0.39, 0.29) is 19.3 Å². The highest BCUT2D eigenvalue weighted by molar-refractivity contribution is 5.83. The van der Waals surface area contributed by atoms with E-state index in [2.05, 4.69) is 6.92 Å². The van der Waals surface area contributed by atoms with Crippen molar-refractivity contribution in [2.45, 2.75) is 82.6 Å². The van der Waals surface area contributed by atoms with Crippen LogP contribution in [-0.2, 0) is 33.3 Å². The number of hydrogen-bond donors (Lipinski definition) is 2. The van der Waals surface area contributed by atoms with Gasteiger partial charge >= 0.3 is 11.9 Å². The van der Waals surface area contributed by atoms with Gasteiger partial charge < -0.3 is 33.9 Å². The molecule has 2 spiro atoms. The van der Waals surface area contributed by atoms with Gasteiger partial charge in [0.25, 0.3) is 0 Å². The predicted molar refractivity (Wildman–Crippen MR) is 136 cm³/mol. The van der Waals surface area contributed by atoms with Gasteiger partial charge in [-0.15, -0.1) is 0 Å². The van der Waals surface area contributed by atoms with Gasteiger partial charge in [0.05, 0.1) is 43.5 Å². The first kappa shape index (κ1) is 27.3. The summed E-state index contributed by atoms with van der Waals surface area (Å²) in [5, 5.41) is 19.9. The molecule has 0 aromatic carbocycles. The van der Waals surface area contributed by atoms with E-state index >= 15 is 0 Å². The minimum absolute atomic E-state index is 0.0601. The van der Waals surface area contributed by atoms with Crippen LogP contribution in [0.2, 0.25) is 0 Å². The molecule has 0 aromatic heterocycles. The molecule has 0 aromatic rings. The Morgan fingerprint density at radius 3 is 2.63 bits per heavy atom. The smallest absolute Gasteiger partial charge is 0.331 e. The maximum Gasteiger partial charge on any atom is 0.331 e. The highest BCUT2D eigenvalue weighted by Gasteiger charge is 2.83. The summed E-state index contributed by atoms with van der Waals surface area (Å²) >= 11 is 0. The van der Waals surface area contributed by atoms with Crippen molar-refractivity contribution in [1.82, 2.24) is 0 Å². The maximum absolute atomic E-state index is 12.9. The van der Waals surface area contributed by atoms with E-state index in [4.69, 9.17) is 23.7 Å². The molecular weight excluding hydrogens is 492 g/mol. The molecule has 2 saturated heterocycles. The average molecular weight is 531 g/mol. The summed E-state index contributed by atoms with van der Waals surface area (Å²) in [6.45, 7) is 6.34. The molecule has 1 unspecified atom stereocenters. The van der Waals surface area contributed by atoms with Gasteiger partial charge in [-0.25, -0.2) is 9.59 Å². The molecule has 9 nitrogen and oxygen atoms in total. The molecular formula is C29H38O9. The van der Waals surface area contributed by atoms with Gasteiger partial charge in [0.15, 0.2) is 0 Å². The van der Waals surface area contributed by atoms with E-state index in [1.165, 1.54) is 12.2 Å². The number of aliphatic hydroxyl groups is 2. The number of allylic oxidation sites excluding steroid dienone is 2. The van der Waals surface area contributed by atoms with Crippen LogP contribution in [0.4, 0.5) is 0 Å². The summed E-state index contributed by atoms with van der Waals surface area (Å²) < 4.78 is 30.4. The van der Waals surface area contributed by atoms with Crippen LogP contribution in [0.1, 0.15) is 46.5 Å². The first-order valence-electron chi connectivity index (χ1n) is 13.4. The van der Waals surface area contributed by atoms with Gasteiger partial charge in [-0.2, -0.15) is 0 Å². The zero-order valence-electron chi connectivity index (χ0n) is 22.3. The lowest BCUT2D eigenvalue weighted by Gasteiger charge is -2.58. The number of ether oxygens (including phenoxy) is 5. The van der Waals surface area contributed by atoms with Crippen LogP contribution in [0.5, 0.6) is 0 Å². The van der Waals surface area contributed by atoms with Crippen molar-refractivity contribution in [3.8, 4) is 0 Å². The second-order valence-electron chi connectivity index (χ2n) is 11.4. The van der Waals surface area contributed by atoms with E-state index in [0.717, 1.165) is 11.1 Å². The first-order valence-corrected chi connectivity index (χ1v) is 13.4. The summed E-state index contributed by atoms with van der Waals surface area (Å²) in [7, 11) is 0. The molecule has 5 aliphatic rings. The third kappa shape index (κ3) is 4.48. The highest BCUT2D eigenvalue weighted by atomic mass is 16.6. The van der Waals surface area contributed by atoms with E-state index < -0.39 is 52.8 Å². The third-order valence-electron chi connectivity index (χ3n) is 9.32. The largest absolute Gasteiger partial charge is 0.462 e. The monoisotopic (exact) mass is 530 g/mol. The standard InChI is InChI=1S/C29H38O9/c1-18-9-11-34-21(19(2)31)6-4-5-7-25(32)38-22-14-24-29(17-36-29)27(22,3)28(16-35-26(33)12-18)10-8-20(15-30)13-23(28)37-24/h4-7,12-13,19,21-24,30-31H,8-11,14-17H2,1-3H3/b6-4+,7-5+,18-12+/t19-,21-,22-,23-,24?,27-,28-,29+/m1/s1. The summed E-state index contributed by atoms with van der Waals surface area (Å²) in [6.07, 6.45) is 9.34. The van der Waals surface area contributed by atoms with Crippen molar-refractivity contribution in [1.29, 1.82) is 0 Å². The number of hydrogen-bond acceptors (Lipinski definition) is 9. The molecule has 0 radical (unpaired) electrons. The van der Waals surface area contributed by atoms with Gasteiger partial charge in [-0.05, 0) is 38.7 Å². The molecule has 208 valence electrons. The minimum atomic E-state index is -0.751. The number of esters is 2. The fourth-order valence-corrected chi connectivity index (χ4v) is 6.90. The summed E-state index contributed by atoms with van der Waals surface area (Å²) in [6, 6.07) is 0. The van der Waals surface area contributed by atoms with Crippen LogP contribution >= 0.6 is 0 Å². The van der Waals surface area contributed by atoms with E-state index in [0.29, 0.717) is 38.9 Å². The lowest BCUT2D eigenvalue weighted by molar-refractivity contribution is -0.232. The normalized spacial score (nSPS) is 45.3. The Morgan fingerprint density at radius 2 is 1.92 bits per heavy atom. The molecule has 3 heterocycles. The summed E-state index contributed by atoms with van der Waals surface area (Å²) in [5.41, 5.74) is -0.328. The van der Waals surface area contributed by atoms with E-state index in [9.17, 15) is 19.8 Å². The van der Waals surface area contributed by atoms with Crippen LogP contribution in [0, 0.1) is 10.8 Å². The van der Waals surface area contributed by atoms with Crippen LogP contribution in [0.15, 0.2) is 47.6 Å². The van der Waals surface area contributed by atoms with Crippen molar-refractivity contribution in [2.75, 3.05) is 26.4 Å². The van der Waals surface area contributed by atoms with Crippen molar-refractivity contribution < 1.29 is 43.5 Å². The van der Waals surface area contributed by atoms with Crippen molar-refractivity contribution in [3.05, 3.63) is 47.6 Å². The molecule has 1 saturated carbocycles. The Bertz CT molecular complexity index is 1070. The topological polar surface area (TPSA) is 124 Å². The van der Waals surface area contributed by atoms with Gasteiger partial charge in [-0.3, -0.25) is 0 Å². The number of carbonyl (C=O) groups is 2. The number of aliphatic hydroxyl groups excluding tert-OH is 2. The quantitative estimate of drug-likeness (QED) is 0.314. The molecule has 5 rings (SSSR count). The summed E-state index contributed by atoms with van der Waals surface area (Å²) in [5.74, 6) is -0.962. The SMILES string of the molecule is C/C1=C\C(=O)OC[C@]23CCC(CO)=C[C@H]2OC2C[C@@H](OC(=O)/C=C/C=C/[C@H]([C@@H](C)O)OCC1)[C@@]3(C)[C@]21CO1. The van der Waals surface area contributed by atoms with E-state index in [1.807, 2.05) is 13.0 Å². The number of carbonyl (C=O) groups excluding carboxylic acids is 2. The molecule has 3 fully saturated rings. The Labute approximate surface area is 223 Å². The predicted octanol–water partition coefficient (Wildman–Crippen LogP) is 2.32. The Morgan fingerprint density at radius 1 is 1.13 bits per heavy atom. The molecule has 3 aliphatic heterocycles. The van der Waals surface area contributed by atoms with Gasteiger partial charge in [0.1, 0.15) is 24.4 Å². The number of epoxide rings is 1. The average Bonchev–Trinajstić information content (AvgIpc) is 3.66. The number of rotatable bonds is 2.